The summed E-state index contributed by atoms with van der Waals surface area (Å²) in [6, 6.07) is 0. The third kappa shape index (κ3) is 1.52. The number of imidazole rings is 1. The second-order valence-electron chi connectivity index (χ2n) is 3.37. The molecule has 1 atom stereocenters. The van der Waals surface area contributed by atoms with E-state index in [0.29, 0.717) is 0 Å². The molecule has 0 spiro atoms. The van der Waals surface area contributed by atoms with E-state index < -0.39 is 0 Å². The van der Waals surface area contributed by atoms with Gasteiger partial charge < -0.3 is 9.30 Å². The van der Waals surface area contributed by atoms with Gasteiger partial charge in [0, 0.05) is 6.61 Å². The maximum absolute atomic E-state index is 5.61. The van der Waals surface area contributed by atoms with Crippen molar-refractivity contribution in [2.24, 2.45) is 0 Å². The van der Waals surface area contributed by atoms with E-state index in [9.17, 15) is 0 Å². The molecule has 2 heterocycles. The Morgan fingerprint density at radius 1 is 1.46 bits per heavy atom. The largest absolute Gasteiger partial charge is 0.358 e. The molecule has 2 rings (SSSR count). The second-order valence-corrected chi connectivity index (χ2v) is 3.37. The van der Waals surface area contributed by atoms with Crippen LogP contribution in [-0.2, 0) is 4.74 Å². The van der Waals surface area contributed by atoms with Gasteiger partial charge in [-0.1, -0.05) is 13.2 Å². The highest BCUT2D eigenvalue weighted by Gasteiger charge is 2.15. The fourth-order valence-electron chi connectivity index (χ4n) is 1.62. The van der Waals surface area contributed by atoms with Gasteiger partial charge >= 0.3 is 0 Å². The molecule has 13 heavy (non-hydrogen) atoms. The summed E-state index contributed by atoms with van der Waals surface area (Å²) in [5.41, 5.74) is 0. The summed E-state index contributed by atoms with van der Waals surface area (Å²) in [6.45, 7) is 8.54. The molecular formula is C10H14N2O. The normalized spacial score (nSPS) is 23.2. The maximum Gasteiger partial charge on any atom is 0.135 e. The fraction of sp³-hybridized carbons (Fsp3) is 0.500. The van der Waals surface area contributed by atoms with Crippen molar-refractivity contribution < 1.29 is 4.74 Å². The van der Waals surface area contributed by atoms with Gasteiger partial charge in [0.2, 0.25) is 0 Å². The number of hydrogen-bond donors (Lipinski definition) is 0. The van der Waals surface area contributed by atoms with Crippen molar-refractivity contribution >= 4 is 13.2 Å². The minimum Gasteiger partial charge on any atom is -0.358 e. The summed E-state index contributed by atoms with van der Waals surface area (Å²) in [4.78, 5) is 4.10. The summed E-state index contributed by atoms with van der Waals surface area (Å²) >= 11 is 0. The van der Waals surface area contributed by atoms with Crippen molar-refractivity contribution in [1.82, 2.24) is 9.55 Å². The predicted molar refractivity (Wildman–Crippen MR) is 51.4 cm³/mol. The average molecular weight is 178 g/mol. The van der Waals surface area contributed by atoms with Crippen LogP contribution in [0.5, 0.6) is 0 Å². The van der Waals surface area contributed by atoms with Crippen LogP contribution in [0.25, 0.3) is 13.2 Å². The molecule has 1 fully saturated rings. The smallest absolute Gasteiger partial charge is 0.135 e. The van der Waals surface area contributed by atoms with Crippen LogP contribution in [0.1, 0.15) is 25.5 Å². The van der Waals surface area contributed by atoms with Crippen LogP contribution in [0.4, 0.5) is 0 Å². The Bertz CT molecular complexity index is 376. The Labute approximate surface area is 77.4 Å². The van der Waals surface area contributed by atoms with Gasteiger partial charge in [-0.15, -0.1) is 0 Å². The van der Waals surface area contributed by atoms with Gasteiger partial charge in [0.25, 0.3) is 0 Å². The van der Waals surface area contributed by atoms with E-state index in [-0.39, 0.29) is 6.23 Å². The minimum absolute atomic E-state index is 0.129. The maximum atomic E-state index is 5.61. The third-order valence-corrected chi connectivity index (χ3v) is 2.45. The molecule has 0 saturated carbocycles. The van der Waals surface area contributed by atoms with Crippen LogP contribution in [0.2, 0.25) is 0 Å². The Morgan fingerprint density at radius 3 is 2.85 bits per heavy atom. The zero-order valence-electron chi connectivity index (χ0n) is 7.70. The number of nitrogens with zero attached hydrogens (tertiary/aromatic N) is 2. The van der Waals surface area contributed by atoms with E-state index in [1.807, 2.05) is 4.57 Å². The Morgan fingerprint density at radius 2 is 2.31 bits per heavy atom. The van der Waals surface area contributed by atoms with Crippen molar-refractivity contribution in [1.29, 1.82) is 0 Å². The first-order chi connectivity index (χ1) is 6.29. The van der Waals surface area contributed by atoms with Gasteiger partial charge in [-0.2, -0.15) is 0 Å². The number of ether oxygens (including phenoxy) is 1. The van der Waals surface area contributed by atoms with E-state index >= 15 is 0 Å². The van der Waals surface area contributed by atoms with Crippen LogP contribution in [0.3, 0.4) is 0 Å². The van der Waals surface area contributed by atoms with Gasteiger partial charge in [-0.25, -0.2) is 4.98 Å². The number of aromatic nitrogens is 2. The monoisotopic (exact) mass is 178 g/mol. The quantitative estimate of drug-likeness (QED) is 0.622. The zero-order chi connectivity index (χ0) is 9.26. The molecule has 0 radical (unpaired) electrons. The lowest BCUT2D eigenvalue weighted by molar-refractivity contribution is -0.0335. The van der Waals surface area contributed by atoms with Crippen molar-refractivity contribution in [2.75, 3.05) is 6.61 Å². The summed E-state index contributed by atoms with van der Waals surface area (Å²) in [7, 11) is 0. The van der Waals surface area contributed by atoms with E-state index in [1.165, 1.54) is 6.42 Å². The molecule has 0 N–H and O–H groups in total. The van der Waals surface area contributed by atoms with E-state index in [2.05, 4.69) is 18.1 Å². The van der Waals surface area contributed by atoms with Crippen molar-refractivity contribution in [2.45, 2.75) is 25.5 Å². The molecule has 1 aromatic rings. The van der Waals surface area contributed by atoms with Crippen molar-refractivity contribution in [3.8, 4) is 0 Å². The molecule has 70 valence electrons. The first-order valence-electron chi connectivity index (χ1n) is 4.61. The third-order valence-electron chi connectivity index (χ3n) is 2.45. The van der Waals surface area contributed by atoms with E-state index in [4.69, 9.17) is 4.74 Å². The van der Waals surface area contributed by atoms with Gasteiger partial charge in [-0.05, 0) is 19.3 Å². The molecule has 1 aliphatic rings. The van der Waals surface area contributed by atoms with Crippen LogP contribution >= 0.6 is 0 Å². The summed E-state index contributed by atoms with van der Waals surface area (Å²) in [6.07, 6.45) is 5.33. The molecule has 1 aliphatic heterocycles. The fourth-order valence-corrected chi connectivity index (χ4v) is 1.62. The van der Waals surface area contributed by atoms with E-state index in [0.717, 1.165) is 30.1 Å². The zero-order valence-corrected chi connectivity index (χ0v) is 7.70. The van der Waals surface area contributed by atoms with E-state index in [1.54, 1.807) is 6.33 Å². The van der Waals surface area contributed by atoms with Crippen LogP contribution in [0, 0.1) is 0 Å². The molecule has 3 nitrogen and oxygen atoms in total. The Balaban J connectivity index is 2.29. The van der Waals surface area contributed by atoms with Gasteiger partial charge in [0.15, 0.2) is 0 Å². The standard InChI is InChI=1S/C10H14N2O/c1-8-9(2)12(7-11-8)10-5-3-4-6-13-10/h7,10H,1-6H2. The molecular weight excluding hydrogens is 164 g/mol. The predicted octanol–water partition coefficient (Wildman–Crippen LogP) is 0.403. The summed E-state index contributed by atoms with van der Waals surface area (Å²) in [5.74, 6) is 0. The second kappa shape index (κ2) is 3.34. The lowest BCUT2D eigenvalue weighted by Crippen LogP contribution is -2.32. The topological polar surface area (TPSA) is 27.1 Å². The number of rotatable bonds is 1. The average Bonchev–Trinajstić information content (AvgIpc) is 2.49. The van der Waals surface area contributed by atoms with Gasteiger partial charge in [0.1, 0.15) is 6.23 Å². The highest BCUT2D eigenvalue weighted by molar-refractivity contribution is 5.04. The molecule has 0 aliphatic carbocycles. The van der Waals surface area contributed by atoms with Gasteiger partial charge in [0.05, 0.1) is 17.0 Å². The first kappa shape index (κ1) is 8.51. The lowest BCUT2D eigenvalue weighted by atomic mass is 10.2. The summed E-state index contributed by atoms with van der Waals surface area (Å²) < 4.78 is 7.59. The Hall–Kier alpha value is -1.09. The number of hydrogen-bond acceptors (Lipinski definition) is 2. The Kier molecular flexibility index (Phi) is 2.19. The molecule has 1 unspecified atom stereocenters. The summed E-state index contributed by atoms with van der Waals surface area (Å²) in [5, 5.41) is 1.61. The lowest BCUT2D eigenvalue weighted by Gasteiger charge is -2.23. The SMILES string of the molecule is C=c1ncn(C2CCCCO2)c1=C. The highest BCUT2D eigenvalue weighted by atomic mass is 16.5. The molecule has 0 bridgehead atoms. The van der Waals surface area contributed by atoms with Crippen molar-refractivity contribution in [3.63, 3.8) is 0 Å². The molecule has 3 heteroatoms. The van der Waals surface area contributed by atoms with Crippen molar-refractivity contribution in [3.05, 3.63) is 17.0 Å². The van der Waals surface area contributed by atoms with Crippen LogP contribution < -0.4 is 10.7 Å². The molecule has 0 amide bonds. The van der Waals surface area contributed by atoms with Gasteiger partial charge in [-0.3, -0.25) is 0 Å². The molecule has 0 aromatic carbocycles. The molecule has 1 aromatic heterocycles. The van der Waals surface area contributed by atoms with Crippen LogP contribution in [0.15, 0.2) is 6.33 Å². The van der Waals surface area contributed by atoms with Crippen LogP contribution in [-0.4, -0.2) is 16.2 Å². The highest BCUT2D eigenvalue weighted by Crippen LogP contribution is 2.19. The minimum atomic E-state index is 0.129. The molecule has 1 saturated heterocycles. The first-order valence-corrected chi connectivity index (χ1v) is 4.61.